The van der Waals surface area contributed by atoms with E-state index in [0.717, 1.165) is 17.7 Å². The summed E-state index contributed by atoms with van der Waals surface area (Å²) in [5.41, 5.74) is 6.49. The van der Waals surface area contributed by atoms with E-state index in [9.17, 15) is 13.2 Å². The van der Waals surface area contributed by atoms with Crippen LogP contribution in [-0.2, 0) is 12.7 Å². The zero-order valence-electron chi connectivity index (χ0n) is 11.7. The van der Waals surface area contributed by atoms with Crippen LogP contribution in [0.5, 0.6) is 0 Å². The number of amidine groups is 1. The van der Waals surface area contributed by atoms with E-state index >= 15 is 0 Å². The lowest BCUT2D eigenvalue weighted by Gasteiger charge is -2.07. The first-order valence-electron chi connectivity index (χ1n) is 6.64. The van der Waals surface area contributed by atoms with Gasteiger partial charge in [-0.2, -0.15) is 13.2 Å². The molecule has 2 rings (SSSR count). The van der Waals surface area contributed by atoms with Gasteiger partial charge in [0.2, 0.25) is 0 Å². The molecule has 0 atom stereocenters. The highest BCUT2D eigenvalue weighted by Gasteiger charge is 2.30. The van der Waals surface area contributed by atoms with Crippen LogP contribution in [-0.4, -0.2) is 5.84 Å². The van der Waals surface area contributed by atoms with Gasteiger partial charge in [0.1, 0.15) is 5.84 Å². The molecule has 2 aromatic rings. The van der Waals surface area contributed by atoms with Gasteiger partial charge in [0.25, 0.3) is 0 Å². The van der Waals surface area contributed by atoms with Gasteiger partial charge in [-0.25, -0.2) is 0 Å². The first-order valence-corrected chi connectivity index (χ1v) is 6.64. The van der Waals surface area contributed by atoms with Crippen LogP contribution in [0.25, 0.3) is 6.08 Å². The molecule has 0 aromatic heterocycles. The van der Waals surface area contributed by atoms with Crippen molar-refractivity contribution in [2.45, 2.75) is 12.7 Å². The Morgan fingerprint density at radius 2 is 1.77 bits per heavy atom. The van der Waals surface area contributed by atoms with E-state index in [1.807, 2.05) is 30.3 Å². The molecule has 0 unspecified atom stereocenters. The Balaban J connectivity index is 2.03. The van der Waals surface area contributed by atoms with Gasteiger partial charge in [0.15, 0.2) is 0 Å². The summed E-state index contributed by atoms with van der Waals surface area (Å²) in [6.07, 6.45) is -0.924. The predicted octanol–water partition coefficient (Wildman–Crippen LogP) is 4.28. The Labute approximate surface area is 126 Å². The molecule has 2 nitrogen and oxygen atoms in total. The fourth-order valence-corrected chi connectivity index (χ4v) is 1.83. The first-order chi connectivity index (χ1) is 10.4. The molecule has 0 bridgehead atoms. The highest BCUT2D eigenvalue weighted by Crippen LogP contribution is 2.29. The maximum Gasteiger partial charge on any atom is 0.416 e. The van der Waals surface area contributed by atoms with Crippen molar-refractivity contribution in [2.75, 3.05) is 0 Å². The van der Waals surface area contributed by atoms with Crippen LogP contribution in [0.1, 0.15) is 16.7 Å². The largest absolute Gasteiger partial charge is 0.416 e. The molecule has 0 fully saturated rings. The Morgan fingerprint density at radius 3 is 2.45 bits per heavy atom. The summed E-state index contributed by atoms with van der Waals surface area (Å²) in [5.74, 6) is 0.265. The number of alkyl halides is 3. The average molecular weight is 304 g/mol. The quantitative estimate of drug-likeness (QED) is 0.664. The van der Waals surface area contributed by atoms with Gasteiger partial charge in [-0.05, 0) is 29.3 Å². The Kier molecular flexibility index (Phi) is 4.99. The van der Waals surface area contributed by atoms with Gasteiger partial charge >= 0.3 is 6.18 Å². The van der Waals surface area contributed by atoms with Crippen LogP contribution in [0.15, 0.2) is 65.7 Å². The van der Waals surface area contributed by atoms with Gasteiger partial charge in [0, 0.05) is 0 Å². The van der Waals surface area contributed by atoms with Gasteiger partial charge in [0.05, 0.1) is 12.1 Å². The van der Waals surface area contributed by atoms with E-state index in [4.69, 9.17) is 5.73 Å². The third kappa shape index (κ3) is 4.77. The minimum atomic E-state index is -4.35. The molecule has 5 heteroatoms. The molecule has 114 valence electrons. The van der Waals surface area contributed by atoms with E-state index in [-0.39, 0.29) is 12.4 Å². The average Bonchev–Trinajstić information content (AvgIpc) is 2.51. The molecule has 0 saturated heterocycles. The molecule has 0 aliphatic heterocycles. The molecule has 0 aliphatic rings. The van der Waals surface area contributed by atoms with Gasteiger partial charge in [-0.1, -0.05) is 48.5 Å². The molecule has 0 aliphatic carbocycles. The lowest BCUT2D eigenvalue weighted by Crippen LogP contribution is -2.08. The fraction of sp³-hybridized carbons (Fsp3) is 0.118. The zero-order chi connectivity index (χ0) is 16.0. The van der Waals surface area contributed by atoms with Crippen molar-refractivity contribution >= 4 is 11.9 Å². The SMILES string of the molecule is NC(C=Cc1ccccc1)=NCc1cccc(C(F)(F)F)c1. The Bertz CT molecular complexity index is 674. The van der Waals surface area contributed by atoms with Crippen molar-refractivity contribution in [1.29, 1.82) is 0 Å². The van der Waals surface area contributed by atoms with E-state index < -0.39 is 11.7 Å². The van der Waals surface area contributed by atoms with Crippen molar-refractivity contribution in [3.05, 3.63) is 77.4 Å². The normalized spacial score (nSPS) is 12.8. The van der Waals surface area contributed by atoms with Crippen molar-refractivity contribution in [1.82, 2.24) is 0 Å². The highest BCUT2D eigenvalue weighted by atomic mass is 19.4. The monoisotopic (exact) mass is 304 g/mol. The van der Waals surface area contributed by atoms with Crippen molar-refractivity contribution in [3.63, 3.8) is 0 Å². The number of hydrogen-bond acceptors (Lipinski definition) is 1. The number of rotatable bonds is 4. The zero-order valence-corrected chi connectivity index (χ0v) is 11.7. The van der Waals surface area contributed by atoms with Gasteiger partial charge in [-0.3, -0.25) is 4.99 Å². The minimum Gasteiger partial charge on any atom is -0.384 e. The topological polar surface area (TPSA) is 38.4 Å². The molecule has 0 spiro atoms. The smallest absolute Gasteiger partial charge is 0.384 e. The lowest BCUT2D eigenvalue weighted by molar-refractivity contribution is -0.137. The van der Waals surface area contributed by atoms with Crippen LogP contribution in [0.3, 0.4) is 0 Å². The summed E-state index contributed by atoms with van der Waals surface area (Å²) in [6, 6.07) is 14.6. The highest BCUT2D eigenvalue weighted by molar-refractivity contribution is 5.95. The van der Waals surface area contributed by atoms with Crippen LogP contribution >= 0.6 is 0 Å². The maximum absolute atomic E-state index is 12.6. The van der Waals surface area contributed by atoms with E-state index in [1.165, 1.54) is 6.07 Å². The fourth-order valence-electron chi connectivity index (χ4n) is 1.83. The van der Waals surface area contributed by atoms with Crippen molar-refractivity contribution in [3.8, 4) is 0 Å². The number of nitrogens with zero attached hydrogens (tertiary/aromatic N) is 1. The number of benzene rings is 2. The van der Waals surface area contributed by atoms with Crippen LogP contribution in [0, 0.1) is 0 Å². The molecule has 2 aromatic carbocycles. The minimum absolute atomic E-state index is 0.106. The molecular weight excluding hydrogens is 289 g/mol. The Morgan fingerprint density at radius 1 is 1.05 bits per heavy atom. The van der Waals surface area contributed by atoms with E-state index in [2.05, 4.69) is 4.99 Å². The second kappa shape index (κ2) is 6.93. The summed E-state index contributed by atoms with van der Waals surface area (Å²) >= 11 is 0. The number of nitrogens with two attached hydrogens (primary N) is 1. The van der Waals surface area contributed by atoms with Crippen LogP contribution < -0.4 is 5.73 Å². The third-order valence-corrected chi connectivity index (χ3v) is 2.94. The molecule has 0 saturated carbocycles. The number of hydrogen-bond donors (Lipinski definition) is 1. The van der Waals surface area contributed by atoms with E-state index in [1.54, 1.807) is 18.2 Å². The van der Waals surface area contributed by atoms with Crippen LogP contribution in [0.2, 0.25) is 0 Å². The lowest BCUT2D eigenvalue weighted by atomic mass is 10.1. The first kappa shape index (κ1) is 15.8. The third-order valence-electron chi connectivity index (χ3n) is 2.94. The van der Waals surface area contributed by atoms with Crippen molar-refractivity contribution < 1.29 is 13.2 Å². The standard InChI is InChI=1S/C17H15F3N2/c18-17(19,20)15-8-4-7-14(11-15)12-22-16(21)10-9-13-5-2-1-3-6-13/h1-11H,12H2,(H2,21,22). The maximum atomic E-state index is 12.6. The van der Waals surface area contributed by atoms with Gasteiger partial charge < -0.3 is 5.73 Å². The second-order valence-electron chi connectivity index (χ2n) is 4.68. The van der Waals surface area contributed by atoms with Crippen LogP contribution in [0.4, 0.5) is 13.2 Å². The summed E-state index contributed by atoms with van der Waals surface area (Å²) in [7, 11) is 0. The molecule has 2 N–H and O–H groups in total. The summed E-state index contributed by atoms with van der Waals surface area (Å²) in [5, 5.41) is 0. The molecule has 0 heterocycles. The number of halogens is 3. The number of aliphatic imine (C=N–C) groups is 1. The molecule has 22 heavy (non-hydrogen) atoms. The predicted molar refractivity (Wildman–Crippen MR) is 82.2 cm³/mol. The Hall–Kier alpha value is -2.56. The van der Waals surface area contributed by atoms with Crippen molar-refractivity contribution in [2.24, 2.45) is 10.7 Å². The molecule has 0 amide bonds. The molecular formula is C17H15F3N2. The summed E-state index contributed by atoms with van der Waals surface area (Å²) in [4.78, 5) is 4.07. The summed E-state index contributed by atoms with van der Waals surface area (Å²) < 4.78 is 37.8. The summed E-state index contributed by atoms with van der Waals surface area (Å²) in [6.45, 7) is 0.106. The molecule has 0 radical (unpaired) electrons. The van der Waals surface area contributed by atoms with E-state index in [0.29, 0.717) is 5.56 Å². The second-order valence-corrected chi connectivity index (χ2v) is 4.68. The van der Waals surface area contributed by atoms with Gasteiger partial charge in [-0.15, -0.1) is 0 Å².